The Morgan fingerprint density at radius 1 is 0.778 bits per heavy atom. The number of benzene rings is 3. The third-order valence-electron chi connectivity index (χ3n) is 8.28. The highest BCUT2D eigenvalue weighted by atomic mass is 31.2. The van der Waals surface area contributed by atoms with Crippen molar-refractivity contribution >= 4 is 31.5 Å². The molecule has 3 aromatic rings. The average Bonchev–Trinajstić information content (AvgIpc) is 2.88. The largest absolute Gasteiger partial charge is 0.410 e. The molecule has 0 radical (unpaired) electrons. The average molecular weight is 516 g/mol. The van der Waals surface area contributed by atoms with Gasteiger partial charge in [-0.3, -0.25) is 0 Å². The van der Waals surface area contributed by atoms with Crippen molar-refractivity contribution in [2.45, 2.75) is 77.1 Å². The first kappa shape index (κ1) is 27.1. The molecule has 1 nitrogen and oxygen atoms in total. The van der Waals surface area contributed by atoms with E-state index in [-0.39, 0.29) is 5.04 Å². The van der Waals surface area contributed by atoms with E-state index in [0.717, 1.165) is 6.42 Å². The van der Waals surface area contributed by atoms with Crippen LogP contribution in [-0.4, -0.2) is 20.6 Å². The maximum atomic E-state index is 6.97. The first-order valence-corrected chi connectivity index (χ1v) is 18.5. The Balaban J connectivity index is 1.64. The second kappa shape index (κ2) is 11.6. The van der Waals surface area contributed by atoms with E-state index in [1.165, 1.54) is 47.8 Å². The zero-order valence-electron chi connectivity index (χ0n) is 22.9. The molecule has 3 aromatic carbocycles. The predicted octanol–water partition coefficient (Wildman–Crippen LogP) is 8.26. The van der Waals surface area contributed by atoms with Crippen molar-refractivity contribution in [2.24, 2.45) is 0 Å². The van der Waals surface area contributed by atoms with Gasteiger partial charge < -0.3 is 4.43 Å². The van der Waals surface area contributed by atoms with E-state index in [9.17, 15) is 0 Å². The molecule has 1 atom stereocenters. The van der Waals surface area contributed by atoms with E-state index in [4.69, 9.17) is 4.43 Å². The van der Waals surface area contributed by atoms with Gasteiger partial charge in [-0.05, 0) is 92.2 Å². The molecule has 0 aromatic heterocycles. The van der Waals surface area contributed by atoms with Crippen molar-refractivity contribution in [3.05, 3.63) is 103 Å². The lowest BCUT2D eigenvalue weighted by molar-refractivity contribution is 0.191. The summed E-state index contributed by atoms with van der Waals surface area (Å²) in [6.45, 7) is 11.9. The van der Waals surface area contributed by atoms with E-state index in [2.05, 4.69) is 131 Å². The Hall–Kier alpha value is -1.99. The van der Waals surface area contributed by atoms with Crippen molar-refractivity contribution in [1.29, 1.82) is 0 Å². The number of rotatable bonds is 9. The van der Waals surface area contributed by atoms with Crippen LogP contribution in [0.1, 0.15) is 52.9 Å². The van der Waals surface area contributed by atoms with Crippen LogP contribution >= 0.6 is 7.26 Å². The first-order valence-electron chi connectivity index (χ1n) is 13.7. The van der Waals surface area contributed by atoms with Crippen LogP contribution in [0.5, 0.6) is 0 Å². The molecule has 0 amide bonds. The highest BCUT2D eigenvalue weighted by Crippen LogP contribution is 2.56. The normalized spacial score (nSPS) is 17.0. The Morgan fingerprint density at radius 2 is 1.25 bits per heavy atom. The summed E-state index contributed by atoms with van der Waals surface area (Å²) >= 11 is 0. The standard InChI is InChI=1S/C33H44OPSi/c1-33(2,3)36(4,5)34-32-26-16-15-18-28(32)19-17-27-35(29-20-9-6-10-21-29,30-22-11-7-12-23-30)31-24-13-8-14-25-31/h6-14,18,20-25,32H,15-17,19,26-27H2,1-5H3/q+1/t32-/m1/s1. The molecule has 0 aliphatic heterocycles. The number of hydrogen-bond donors (Lipinski definition) is 0. The lowest BCUT2D eigenvalue weighted by Gasteiger charge is -2.41. The molecule has 4 rings (SSSR count). The molecule has 190 valence electrons. The molecule has 3 heteroatoms. The maximum absolute atomic E-state index is 6.97. The second-order valence-corrected chi connectivity index (χ2v) is 20.1. The van der Waals surface area contributed by atoms with Gasteiger partial charge in [0.1, 0.15) is 23.2 Å². The molecule has 0 unspecified atom stereocenters. The van der Waals surface area contributed by atoms with Crippen LogP contribution in [0.15, 0.2) is 103 Å². The number of hydrogen-bond acceptors (Lipinski definition) is 1. The first-order chi connectivity index (χ1) is 17.2. The third kappa shape index (κ3) is 5.93. The van der Waals surface area contributed by atoms with Gasteiger partial charge in [0.2, 0.25) is 0 Å². The molecular formula is C33H44OPSi+. The van der Waals surface area contributed by atoms with Crippen LogP contribution < -0.4 is 15.9 Å². The van der Waals surface area contributed by atoms with Gasteiger partial charge in [0.05, 0.1) is 12.3 Å². The summed E-state index contributed by atoms with van der Waals surface area (Å²) in [5, 5.41) is 4.68. The molecule has 0 saturated heterocycles. The van der Waals surface area contributed by atoms with E-state index in [0.29, 0.717) is 6.10 Å². The summed E-state index contributed by atoms with van der Waals surface area (Å²) in [6, 6.07) is 33.8. The molecule has 1 aliphatic carbocycles. The van der Waals surface area contributed by atoms with Gasteiger partial charge in [-0.15, -0.1) is 0 Å². The molecule has 0 heterocycles. The van der Waals surface area contributed by atoms with Crippen LogP contribution in [0, 0.1) is 0 Å². The molecule has 1 aliphatic rings. The molecule has 0 N–H and O–H groups in total. The zero-order valence-corrected chi connectivity index (χ0v) is 24.8. The fraction of sp³-hybridized carbons (Fsp3) is 0.394. The topological polar surface area (TPSA) is 9.23 Å². The predicted molar refractivity (Wildman–Crippen MR) is 163 cm³/mol. The van der Waals surface area contributed by atoms with Crippen molar-refractivity contribution < 1.29 is 4.43 Å². The van der Waals surface area contributed by atoms with Crippen molar-refractivity contribution in [1.82, 2.24) is 0 Å². The monoisotopic (exact) mass is 515 g/mol. The summed E-state index contributed by atoms with van der Waals surface area (Å²) in [6.07, 6.45) is 9.92. The van der Waals surface area contributed by atoms with Crippen LogP contribution in [0.4, 0.5) is 0 Å². The van der Waals surface area contributed by atoms with E-state index < -0.39 is 15.6 Å². The summed E-state index contributed by atoms with van der Waals surface area (Å²) in [7, 11) is -3.57. The van der Waals surface area contributed by atoms with E-state index >= 15 is 0 Å². The molecular weight excluding hydrogens is 471 g/mol. The fourth-order valence-electron chi connectivity index (χ4n) is 5.24. The molecule has 0 saturated carbocycles. The lowest BCUT2D eigenvalue weighted by atomic mass is 9.93. The molecule has 0 spiro atoms. The Morgan fingerprint density at radius 3 is 1.69 bits per heavy atom. The van der Waals surface area contributed by atoms with Gasteiger partial charge in [0, 0.05) is 0 Å². The van der Waals surface area contributed by atoms with Gasteiger partial charge in [0.15, 0.2) is 8.32 Å². The van der Waals surface area contributed by atoms with Gasteiger partial charge >= 0.3 is 0 Å². The quantitative estimate of drug-likeness (QED) is 0.158. The molecule has 36 heavy (non-hydrogen) atoms. The summed E-state index contributed by atoms with van der Waals surface area (Å²) in [4.78, 5) is 0. The Bertz CT molecular complexity index is 1020. The lowest BCUT2D eigenvalue weighted by Crippen LogP contribution is -2.44. The fourth-order valence-corrected chi connectivity index (χ4v) is 10.9. The van der Waals surface area contributed by atoms with Gasteiger partial charge in [-0.2, -0.15) is 0 Å². The summed E-state index contributed by atoms with van der Waals surface area (Å²) in [5.41, 5.74) is 1.55. The van der Waals surface area contributed by atoms with Crippen LogP contribution in [0.25, 0.3) is 0 Å². The third-order valence-corrected chi connectivity index (χ3v) is 17.3. The minimum Gasteiger partial charge on any atom is -0.410 e. The second-order valence-electron chi connectivity index (χ2n) is 11.7. The van der Waals surface area contributed by atoms with Crippen molar-refractivity contribution in [2.75, 3.05) is 6.16 Å². The van der Waals surface area contributed by atoms with Crippen molar-refractivity contribution in [3.8, 4) is 0 Å². The van der Waals surface area contributed by atoms with Gasteiger partial charge in [0.25, 0.3) is 0 Å². The zero-order chi connectivity index (χ0) is 25.7. The Kier molecular flexibility index (Phi) is 8.71. The van der Waals surface area contributed by atoms with Gasteiger partial charge in [-0.25, -0.2) is 0 Å². The SMILES string of the molecule is CC(C)(C)[Si](C)(C)O[C@@H]1CCCC=C1CCC[P+](c1ccccc1)(c1ccccc1)c1ccccc1. The van der Waals surface area contributed by atoms with E-state index in [1.54, 1.807) is 5.57 Å². The smallest absolute Gasteiger partial charge is 0.192 e. The summed E-state index contributed by atoms with van der Waals surface area (Å²) < 4.78 is 6.97. The molecule has 0 fully saturated rings. The van der Waals surface area contributed by atoms with Crippen LogP contribution in [0.2, 0.25) is 18.1 Å². The van der Waals surface area contributed by atoms with Crippen molar-refractivity contribution in [3.63, 3.8) is 0 Å². The highest BCUT2D eigenvalue weighted by molar-refractivity contribution is 7.95. The van der Waals surface area contributed by atoms with Crippen LogP contribution in [0.3, 0.4) is 0 Å². The molecule has 0 bridgehead atoms. The maximum Gasteiger partial charge on any atom is 0.192 e. The Labute approximate surface area is 221 Å². The van der Waals surface area contributed by atoms with Crippen LogP contribution in [-0.2, 0) is 4.43 Å². The van der Waals surface area contributed by atoms with Gasteiger partial charge in [-0.1, -0.05) is 81.4 Å². The minimum atomic E-state index is -1.80. The number of allylic oxidation sites excluding steroid dienone is 1. The van der Waals surface area contributed by atoms with E-state index in [1.807, 2.05) is 0 Å². The summed E-state index contributed by atoms with van der Waals surface area (Å²) in [5.74, 6) is 0. The minimum absolute atomic E-state index is 0.240. The highest BCUT2D eigenvalue weighted by Gasteiger charge is 2.45.